The van der Waals surface area contributed by atoms with Crippen LogP contribution in [0.5, 0.6) is 5.75 Å². The number of carbonyl (C=O) groups is 2. The molecular weight excluding hydrogens is 288 g/mol. The number of hydrogen-bond donors (Lipinski definition) is 2. The first-order valence-electron chi connectivity index (χ1n) is 6.78. The van der Waals surface area contributed by atoms with E-state index >= 15 is 0 Å². The van der Waals surface area contributed by atoms with E-state index in [1.807, 2.05) is 6.92 Å². The molecule has 0 saturated heterocycles. The van der Waals surface area contributed by atoms with Crippen LogP contribution in [0, 0.1) is 0 Å². The normalized spacial score (nSPS) is 11.9. The fraction of sp³-hybridized carbons (Fsp3) is 0.250. The van der Waals surface area contributed by atoms with Gasteiger partial charge in [-0.05, 0) is 43.2 Å². The molecule has 2 N–H and O–H groups in total. The zero-order valence-electron chi connectivity index (χ0n) is 12.0. The third kappa shape index (κ3) is 3.66. The Labute approximate surface area is 126 Å². The Hall–Kier alpha value is -2.76. The van der Waals surface area contributed by atoms with Gasteiger partial charge in [0.1, 0.15) is 17.4 Å². The third-order valence-corrected chi connectivity index (χ3v) is 3.15. The molecule has 2 rings (SSSR count). The van der Waals surface area contributed by atoms with Crippen LogP contribution in [0.1, 0.15) is 34.7 Å². The molecule has 116 valence electrons. The van der Waals surface area contributed by atoms with Crippen molar-refractivity contribution in [1.29, 1.82) is 0 Å². The maximum atomic E-state index is 11.4. The predicted molar refractivity (Wildman–Crippen MR) is 77.4 cm³/mol. The summed E-state index contributed by atoms with van der Waals surface area (Å²) in [6.07, 6.45) is 0.203. The molecule has 22 heavy (non-hydrogen) atoms. The van der Waals surface area contributed by atoms with Gasteiger partial charge in [-0.25, -0.2) is 4.79 Å². The number of carboxylic acids is 2. The van der Waals surface area contributed by atoms with Crippen molar-refractivity contribution in [3.8, 4) is 5.75 Å². The lowest BCUT2D eigenvalue weighted by atomic mass is 9.97. The lowest BCUT2D eigenvalue weighted by Crippen LogP contribution is -2.13. The van der Waals surface area contributed by atoms with E-state index < -0.39 is 17.9 Å². The molecule has 0 saturated carbocycles. The number of benzene rings is 1. The van der Waals surface area contributed by atoms with Crippen molar-refractivity contribution >= 4 is 11.9 Å². The van der Waals surface area contributed by atoms with Gasteiger partial charge in [0.15, 0.2) is 0 Å². The maximum Gasteiger partial charge on any atom is 0.371 e. The molecule has 6 nitrogen and oxygen atoms in total. The second kappa shape index (κ2) is 6.80. The summed E-state index contributed by atoms with van der Waals surface area (Å²) < 4.78 is 10.4. The quantitative estimate of drug-likeness (QED) is 0.816. The molecule has 6 heteroatoms. The standard InChI is InChI=1S/C16H16O6/c1-2-21-11-5-3-10(4-6-11)9-12(15(17)18)13-7-8-14(22-13)16(19)20/h3-8,12H,2,9H2,1H3,(H,17,18)(H,19,20). The SMILES string of the molecule is CCOc1ccc(CC(C(=O)O)c2ccc(C(=O)O)o2)cc1. The molecular formula is C16H16O6. The summed E-state index contributed by atoms with van der Waals surface area (Å²) in [6, 6.07) is 9.73. The van der Waals surface area contributed by atoms with Crippen LogP contribution in [0.4, 0.5) is 0 Å². The third-order valence-electron chi connectivity index (χ3n) is 3.15. The van der Waals surface area contributed by atoms with Gasteiger partial charge in [-0.3, -0.25) is 4.79 Å². The fourth-order valence-electron chi connectivity index (χ4n) is 2.09. The Morgan fingerprint density at radius 3 is 2.32 bits per heavy atom. The average molecular weight is 304 g/mol. The Balaban J connectivity index is 2.17. The number of aliphatic carboxylic acids is 1. The number of hydrogen-bond acceptors (Lipinski definition) is 4. The van der Waals surface area contributed by atoms with Gasteiger partial charge in [0.2, 0.25) is 5.76 Å². The minimum Gasteiger partial charge on any atom is -0.494 e. The summed E-state index contributed by atoms with van der Waals surface area (Å²) in [5.41, 5.74) is 0.795. The highest BCUT2D eigenvalue weighted by atomic mass is 16.5. The number of aromatic carboxylic acids is 1. The first kappa shape index (κ1) is 15.6. The van der Waals surface area contributed by atoms with E-state index in [4.69, 9.17) is 14.3 Å². The van der Waals surface area contributed by atoms with E-state index in [1.54, 1.807) is 24.3 Å². The predicted octanol–water partition coefficient (Wildman–Crippen LogP) is 2.79. The van der Waals surface area contributed by atoms with Gasteiger partial charge in [0.05, 0.1) is 6.61 Å². The summed E-state index contributed by atoms with van der Waals surface area (Å²) in [5.74, 6) is -2.67. The molecule has 0 spiro atoms. The summed E-state index contributed by atoms with van der Waals surface area (Å²) in [4.78, 5) is 22.2. The average Bonchev–Trinajstić information content (AvgIpc) is 2.96. The molecule has 0 bridgehead atoms. The highest BCUT2D eigenvalue weighted by Crippen LogP contribution is 2.24. The molecule has 1 atom stereocenters. The van der Waals surface area contributed by atoms with Crippen molar-refractivity contribution in [3.63, 3.8) is 0 Å². The molecule has 0 radical (unpaired) electrons. The van der Waals surface area contributed by atoms with Crippen LogP contribution in [0.3, 0.4) is 0 Å². The first-order chi connectivity index (χ1) is 10.5. The molecule has 0 fully saturated rings. The summed E-state index contributed by atoms with van der Waals surface area (Å²) in [5, 5.41) is 18.2. The van der Waals surface area contributed by atoms with Gasteiger partial charge in [-0.1, -0.05) is 12.1 Å². The van der Waals surface area contributed by atoms with E-state index in [1.165, 1.54) is 12.1 Å². The van der Waals surface area contributed by atoms with Crippen molar-refractivity contribution in [3.05, 3.63) is 53.5 Å². The molecule has 1 aromatic carbocycles. The molecule has 0 aliphatic carbocycles. The van der Waals surface area contributed by atoms with E-state index in [2.05, 4.69) is 0 Å². The summed E-state index contributed by atoms with van der Waals surface area (Å²) in [7, 11) is 0. The zero-order chi connectivity index (χ0) is 16.1. The van der Waals surface area contributed by atoms with E-state index in [0.717, 1.165) is 5.56 Å². The fourth-order valence-corrected chi connectivity index (χ4v) is 2.09. The van der Waals surface area contributed by atoms with Crippen LogP contribution in [-0.4, -0.2) is 28.8 Å². The first-order valence-corrected chi connectivity index (χ1v) is 6.78. The molecule has 0 aliphatic heterocycles. The summed E-state index contributed by atoms with van der Waals surface area (Å²) in [6.45, 7) is 2.44. The molecule has 1 aromatic heterocycles. The maximum absolute atomic E-state index is 11.4. The number of furan rings is 1. The monoisotopic (exact) mass is 304 g/mol. The van der Waals surface area contributed by atoms with E-state index in [0.29, 0.717) is 12.4 Å². The van der Waals surface area contributed by atoms with E-state index in [9.17, 15) is 14.7 Å². The minimum atomic E-state index is -1.23. The van der Waals surface area contributed by atoms with Gasteiger partial charge in [-0.15, -0.1) is 0 Å². The van der Waals surface area contributed by atoms with Crippen LogP contribution in [0.15, 0.2) is 40.8 Å². The van der Waals surface area contributed by atoms with Gasteiger partial charge < -0.3 is 19.4 Å². The highest BCUT2D eigenvalue weighted by molar-refractivity contribution is 5.84. The number of ether oxygens (including phenoxy) is 1. The van der Waals surface area contributed by atoms with Gasteiger partial charge >= 0.3 is 11.9 Å². The van der Waals surface area contributed by atoms with Gasteiger partial charge in [0.25, 0.3) is 0 Å². The smallest absolute Gasteiger partial charge is 0.371 e. The lowest BCUT2D eigenvalue weighted by Gasteiger charge is -2.10. The number of rotatable bonds is 7. The molecule has 2 aromatic rings. The Bertz CT molecular complexity index is 656. The summed E-state index contributed by atoms with van der Waals surface area (Å²) >= 11 is 0. The molecule has 1 heterocycles. The van der Waals surface area contributed by atoms with Crippen molar-refractivity contribution < 1.29 is 29.0 Å². The van der Waals surface area contributed by atoms with Crippen molar-refractivity contribution in [2.75, 3.05) is 6.61 Å². The topological polar surface area (TPSA) is 97.0 Å². The van der Waals surface area contributed by atoms with Crippen molar-refractivity contribution in [1.82, 2.24) is 0 Å². The van der Waals surface area contributed by atoms with Crippen LogP contribution in [-0.2, 0) is 11.2 Å². The largest absolute Gasteiger partial charge is 0.494 e. The molecule has 1 unspecified atom stereocenters. The zero-order valence-corrected chi connectivity index (χ0v) is 12.0. The lowest BCUT2D eigenvalue weighted by molar-refractivity contribution is -0.139. The highest BCUT2D eigenvalue weighted by Gasteiger charge is 2.25. The van der Waals surface area contributed by atoms with Gasteiger partial charge in [-0.2, -0.15) is 0 Å². The van der Waals surface area contributed by atoms with Crippen LogP contribution in [0.25, 0.3) is 0 Å². The van der Waals surface area contributed by atoms with E-state index in [-0.39, 0.29) is 17.9 Å². The van der Waals surface area contributed by atoms with Crippen LogP contribution in [0.2, 0.25) is 0 Å². The minimum absolute atomic E-state index is 0.124. The van der Waals surface area contributed by atoms with Crippen LogP contribution < -0.4 is 4.74 Å². The number of carboxylic acid groups (broad SMARTS) is 2. The van der Waals surface area contributed by atoms with Crippen molar-refractivity contribution in [2.45, 2.75) is 19.3 Å². The Kier molecular flexibility index (Phi) is 4.83. The molecule has 0 amide bonds. The Morgan fingerprint density at radius 2 is 1.82 bits per heavy atom. The Morgan fingerprint density at radius 1 is 1.14 bits per heavy atom. The second-order valence-electron chi connectivity index (χ2n) is 4.68. The second-order valence-corrected chi connectivity index (χ2v) is 4.68. The van der Waals surface area contributed by atoms with Crippen molar-refractivity contribution in [2.24, 2.45) is 0 Å². The van der Waals surface area contributed by atoms with Crippen LogP contribution >= 0.6 is 0 Å². The van der Waals surface area contributed by atoms with Gasteiger partial charge in [0, 0.05) is 0 Å². The molecule has 0 aliphatic rings.